The molecule has 0 saturated carbocycles. The van der Waals surface area contributed by atoms with E-state index in [4.69, 9.17) is 5.73 Å². The first kappa shape index (κ1) is 13.3. The van der Waals surface area contributed by atoms with Gasteiger partial charge in [-0.3, -0.25) is 9.59 Å². The van der Waals surface area contributed by atoms with E-state index in [1.807, 2.05) is 4.90 Å². The standard InChI is InChI=1S/C13H23N3O2/c1-10-6-11(7-14)8-16(10)13(18)9-15-5-3-2-4-12(15)17/h10-11H,2-9,14H2,1H3. The number of hydrogen-bond acceptors (Lipinski definition) is 3. The number of amides is 2. The van der Waals surface area contributed by atoms with Gasteiger partial charge in [0, 0.05) is 25.6 Å². The van der Waals surface area contributed by atoms with E-state index in [1.165, 1.54) is 0 Å². The zero-order valence-electron chi connectivity index (χ0n) is 11.1. The van der Waals surface area contributed by atoms with Gasteiger partial charge in [0.2, 0.25) is 11.8 Å². The van der Waals surface area contributed by atoms with Crippen LogP contribution < -0.4 is 5.73 Å². The smallest absolute Gasteiger partial charge is 0.242 e. The van der Waals surface area contributed by atoms with E-state index >= 15 is 0 Å². The molecule has 2 aliphatic heterocycles. The minimum Gasteiger partial charge on any atom is -0.338 e. The van der Waals surface area contributed by atoms with Crippen LogP contribution in [0.3, 0.4) is 0 Å². The third-order valence-corrected chi connectivity index (χ3v) is 4.06. The number of hydrogen-bond donors (Lipinski definition) is 1. The zero-order valence-corrected chi connectivity index (χ0v) is 11.1. The van der Waals surface area contributed by atoms with Crippen molar-refractivity contribution < 1.29 is 9.59 Å². The first-order chi connectivity index (χ1) is 8.61. The van der Waals surface area contributed by atoms with Crippen molar-refractivity contribution in [3.05, 3.63) is 0 Å². The predicted molar refractivity (Wildman–Crippen MR) is 68.8 cm³/mol. The third-order valence-electron chi connectivity index (χ3n) is 4.06. The second-order valence-corrected chi connectivity index (χ2v) is 5.50. The van der Waals surface area contributed by atoms with Crippen LogP contribution in [-0.2, 0) is 9.59 Å². The Morgan fingerprint density at radius 1 is 1.44 bits per heavy atom. The number of carbonyl (C=O) groups is 2. The number of nitrogens with two attached hydrogens (primary N) is 1. The Balaban J connectivity index is 1.89. The summed E-state index contributed by atoms with van der Waals surface area (Å²) in [5.74, 6) is 0.617. The van der Waals surface area contributed by atoms with Crippen molar-refractivity contribution in [2.75, 3.05) is 26.2 Å². The van der Waals surface area contributed by atoms with Gasteiger partial charge in [-0.05, 0) is 38.6 Å². The number of rotatable bonds is 3. The van der Waals surface area contributed by atoms with Crippen LogP contribution in [0.1, 0.15) is 32.6 Å². The van der Waals surface area contributed by atoms with Crippen LogP contribution in [0.2, 0.25) is 0 Å². The van der Waals surface area contributed by atoms with Crippen LogP contribution in [0, 0.1) is 5.92 Å². The summed E-state index contributed by atoms with van der Waals surface area (Å²) in [6.07, 6.45) is 3.54. The molecule has 2 unspecified atom stereocenters. The maximum Gasteiger partial charge on any atom is 0.242 e. The molecule has 2 fully saturated rings. The van der Waals surface area contributed by atoms with Crippen LogP contribution in [0.25, 0.3) is 0 Å². The monoisotopic (exact) mass is 253 g/mol. The zero-order chi connectivity index (χ0) is 13.1. The molecule has 18 heavy (non-hydrogen) atoms. The fourth-order valence-corrected chi connectivity index (χ4v) is 2.94. The molecule has 2 saturated heterocycles. The summed E-state index contributed by atoms with van der Waals surface area (Å²) < 4.78 is 0. The van der Waals surface area contributed by atoms with E-state index in [0.717, 1.165) is 32.4 Å². The van der Waals surface area contributed by atoms with Gasteiger partial charge in [0.15, 0.2) is 0 Å². The van der Waals surface area contributed by atoms with Crippen LogP contribution >= 0.6 is 0 Å². The van der Waals surface area contributed by atoms with Crippen LogP contribution in [0.5, 0.6) is 0 Å². The van der Waals surface area contributed by atoms with Gasteiger partial charge in [-0.25, -0.2) is 0 Å². The average molecular weight is 253 g/mol. The normalized spacial score (nSPS) is 28.9. The van der Waals surface area contributed by atoms with E-state index in [-0.39, 0.29) is 24.4 Å². The topological polar surface area (TPSA) is 66.6 Å². The van der Waals surface area contributed by atoms with Crippen LogP contribution in [-0.4, -0.2) is 53.8 Å². The van der Waals surface area contributed by atoms with Gasteiger partial charge in [-0.2, -0.15) is 0 Å². The van der Waals surface area contributed by atoms with E-state index in [0.29, 0.717) is 18.9 Å². The molecule has 2 aliphatic rings. The Bertz CT molecular complexity index is 332. The summed E-state index contributed by atoms with van der Waals surface area (Å²) in [5.41, 5.74) is 5.66. The molecule has 2 rings (SSSR count). The Hall–Kier alpha value is -1.10. The molecule has 5 nitrogen and oxygen atoms in total. The predicted octanol–water partition coefficient (Wildman–Crippen LogP) is 0.195. The molecule has 2 N–H and O–H groups in total. The molecule has 0 aromatic carbocycles. The average Bonchev–Trinajstić information content (AvgIpc) is 2.73. The van der Waals surface area contributed by atoms with Crippen molar-refractivity contribution >= 4 is 11.8 Å². The first-order valence-corrected chi connectivity index (χ1v) is 6.89. The quantitative estimate of drug-likeness (QED) is 0.781. The summed E-state index contributed by atoms with van der Waals surface area (Å²) in [7, 11) is 0. The lowest BCUT2D eigenvalue weighted by atomic mass is 10.1. The molecule has 2 amide bonds. The van der Waals surface area contributed by atoms with Crippen molar-refractivity contribution in [2.45, 2.75) is 38.6 Å². The highest BCUT2D eigenvalue weighted by Gasteiger charge is 2.33. The molecule has 5 heteroatoms. The van der Waals surface area contributed by atoms with Gasteiger partial charge in [-0.1, -0.05) is 0 Å². The van der Waals surface area contributed by atoms with Crippen molar-refractivity contribution in [1.82, 2.24) is 9.80 Å². The maximum atomic E-state index is 12.2. The molecule has 0 bridgehead atoms. The Labute approximate surface area is 108 Å². The molecule has 2 atom stereocenters. The number of nitrogens with zero attached hydrogens (tertiary/aromatic N) is 2. The van der Waals surface area contributed by atoms with Crippen molar-refractivity contribution in [3.8, 4) is 0 Å². The van der Waals surface area contributed by atoms with Crippen LogP contribution in [0.4, 0.5) is 0 Å². The highest BCUT2D eigenvalue weighted by Crippen LogP contribution is 2.22. The minimum absolute atomic E-state index is 0.0775. The highest BCUT2D eigenvalue weighted by molar-refractivity contribution is 5.85. The second kappa shape index (κ2) is 5.69. The van der Waals surface area contributed by atoms with E-state index in [2.05, 4.69) is 6.92 Å². The summed E-state index contributed by atoms with van der Waals surface area (Å²) in [6, 6.07) is 0.256. The largest absolute Gasteiger partial charge is 0.338 e. The lowest BCUT2D eigenvalue weighted by molar-refractivity contribution is -0.142. The SMILES string of the molecule is CC1CC(CN)CN1C(=O)CN1CCCCC1=O. The fraction of sp³-hybridized carbons (Fsp3) is 0.846. The third kappa shape index (κ3) is 2.83. The van der Waals surface area contributed by atoms with E-state index in [9.17, 15) is 9.59 Å². The molecule has 0 radical (unpaired) electrons. The van der Waals surface area contributed by atoms with E-state index in [1.54, 1.807) is 4.90 Å². The van der Waals surface area contributed by atoms with Gasteiger partial charge in [0.05, 0.1) is 6.54 Å². The van der Waals surface area contributed by atoms with E-state index < -0.39 is 0 Å². The summed E-state index contributed by atoms with van der Waals surface area (Å²) >= 11 is 0. The lowest BCUT2D eigenvalue weighted by Crippen LogP contribution is -2.45. The molecule has 0 aliphatic carbocycles. The molecular formula is C13H23N3O2. The number of carbonyl (C=O) groups excluding carboxylic acids is 2. The van der Waals surface area contributed by atoms with Crippen LogP contribution in [0.15, 0.2) is 0 Å². The Morgan fingerprint density at radius 2 is 2.22 bits per heavy atom. The minimum atomic E-state index is 0.0775. The van der Waals surface area contributed by atoms with Gasteiger partial charge in [0.1, 0.15) is 0 Å². The van der Waals surface area contributed by atoms with Crippen molar-refractivity contribution in [2.24, 2.45) is 11.7 Å². The van der Waals surface area contributed by atoms with Crippen molar-refractivity contribution in [1.29, 1.82) is 0 Å². The second-order valence-electron chi connectivity index (χ2n) is 5.50. The Kier molecular flexibility index (Phi) is 4.22. The molecule has 102 valence electrons. The number of likely N-dealkylation sites (tertiary alicyclic amines) is 2. The molecule has 0 spiro atoms. The first-order valence-electron chi connectivity index (χ1n) is 6.89. The highest BCUT2D eigenvalue weighted by atomic mass is 16.2. The maximum absolute atomic E-state index is 12.2. The van der Waals surface area contributed by atoms with Crippen molar-refractivity contribution in [3.63, 3.8) is 0 Å². The van der Waals surface area contributed by atoms with Gasteiger partial charge >= 0.3 is 0 Å². The fourth-order valence-electron chi connectivity index (χ4n) is 2.94. The Morgan fingerprint density at radius 3 is 2.83 bits per heavy atom. The summed E-state index contributed by atoms with van der Waals surface area (Å²) in [6.45, 7) is 4.43. The van der Waals surface area contributed by atoms with Gasteiger partial charge < -0.3 is 15.5 Å². The lowest BCUT2D eigenvalue weighted by Gasteiger charge is -2.29. The molecule has 2 heterocycles. The molecular weight excluding hydrogens is 230 g/mol. The van der Waals surface area contributed by atoms with Gasteiger partial charge in [0.25, 0.3) is 0 Å². The summed E-state index contributed by atoms with van der Waals surface area (Å²) in [5, 5.41) is 0. The molecule has 0 aromatic heterocycles. The molecule has 0 aromatic rings. The summed E-state index contributed by atoms with van der Waals surface area (Å²) in [4.78, 5) is 27.5. The van der Waals surface area contributed by atoms with Gasteiger partial charge in [-0.15, -0.1) is 0 Å². The number of piperidine rings is 1.